The van der Waals surface area contributed by atoms with Gasteiger partial charge in [-0.25, -0.2) is 4.79 Å². The molecule has 4 atom stereocenters. The molecule has 26 heavy (non-hydrogen) atoms. The standard InChI is InChI=1S/C17H20BrNO7/c1-3-26-15(21)17(23)9-12(11-4-6-13(18)7-5-11)8-16(22,10(2)20)14(17)19(24)25/h4-7,12,14,22-23H,3,8-9H2,1-2H3/t12-,14-,16+,17+/m1/s1. The number of nitrogens with zero attached hydrogens (tertiary/aromatic N) is 1. The van der Waals surface area contributed by atoms with E-state index in [-0.39, 0.29) is 19.4 Å². The molecular formula is C17H20BrNO7. The van der Waals surface area contributed by atoms with Crippen LogP contribution in [-0.4, -0.2) is 50.7 Å². The molecule has 1 aromatic rings. The van der Waals surface area contributed by atoms with Crippen molar-refractivity contribution in [2.45, 2.75) is 49.9 Å². The highest BCUT2D eigenvalue weighted by Crippen LogP contribution is 2.46. The average molecular weight is 430 g/mol. The summed E-state index contributed by atoms with van der Waals surface area (Å²) in [6.07, 6.45) is -0.619. The summed E-state index contributed by atoms with van der Waals surface area (Å²) >= 11 is 3.29. The Balaban J connectivity index is 2.58. The molecule has 0 aliphatic heterocycles. The van der Waals surface area contributed by atoms with Crippen molar-refractivity contribution in [2.75, 3.05) is 6.61 Å². The van der Waals surface area contributed by atoms with Crippen molar-refractivity contribution in [1.82, 2.24) is 0 Å². The number of carbonyl (C=O) groups is 2. The fourth-order valence-corrected chi connectivity index (χ4v) is 3.81. The Morgan fingerprint density at radius 1 is 1.27 bits per heavy atom. The number of hydrogen-bond donors (Lipinski definition) is 2. The number of aliphatic hydroxyl groups is 2. The summed E-state index contributed by atoms with van der Waals surface area (Å²) in [4.78, 5) is 35.1. The monoisotopic (exact) mass is 429 g/mol. The molecule has 1 fully saturated rings. The van der Waals surface area contributed by atoms with Crippen LogP contribution in [0, 0.1) is 10.1 Å². The minimum atomic E-state index is -2.63. The van der Waals surface area contributed by atoms with Crippen LogP contribution < -0.4 is 0 Å². The van der Waals surface area contributed by atoms with Gasteiger partial charge in [-0.1, -0.05) is 28.1 Å². The molecule has 1 aliphatic rings. The summed E-state index contributed by atoms with van der Waals surface area (Å²) in [6, 6.07) is 4.65. The fraction of sp³-hybridized carbons (Fsp3) is 0.529. The minimum Gasteiger partial charge on any atom is -0.464 e. The van der Waals surface area contributed by atoms with Gasteiger partial charge in [0.1, 0.15) is 0 Å². The van der Waals surface area contributed by atoms with Crippen molar-refractivity contribution in [1.29, 1.82) is 0 Å². The van der Waals surface area contributed by atoms with Crippen LogP contribution in [0.5, 0.6) is 0 Å². The highest BCUT2D eigenvalue weighted by atomic mass is 79.9. The molecule has 8 nitrogen and oxygen atoms in total. The SMILES string of the molecule is CCOC(=O)[C@]1(O)C[C@H](c2ccc(Br)cc2)C[C@](O)(C(C)=O)[C@H]1[N+](=O)[O-]. The average Bonchev–Trinajstić information content (AvgIpc) is 2.54. The first kappa shape index (κ1) is 20.5. The van der Waals surface area contributed by atoms with Crippen molar-refractivity contribution < 1.29 is 29.5 Å². The summed E-state index contributed by atoms with van der Waals surface area (Å²) in [6.45, 7) is 2.40. The molecule has 0 bridgehead atoms. The quantitative estimate of drug-likeness (QED) is 0.413. The first-order chi connectivity index (χ1) is 12.1. The van der Waals surface area contributed by atoms with Gasteiger partial charge in [0.15, 0.2) is 11.4 Å². The van der Waals surface area contributed by atoms with Crippen LogP contribution in [0.25, 0.3) is 0 Å². The van der Waals surface area contributed by atoms with E-state index in [9.17, 15) is 29.9 Å². The van der Waals surface area contributed by atoms with E-state index < -0.39 is 39.8 Å². The number of ketones is 1. The summed E-state index contributed by atoms with van der Waals surface area (Å²) in [5.74, 6) is -2.76. The number of ether oxygens (including phenoxy) is 1. The second kappa shape index (κ2) is 7.42. The van der Waals surface area contributed by atoms with Crippen LogP contribution in [-0.2, 0) is 14.3 Å². The van der Waals surface area contributed by atoms with Crippen LogP contribution in [0.15, 0.2) is 28.7 Å². The minimum absolute atomic E-state index is 0.104. The van der Waals surface area contributed by atoms with E-state index in [2.05, 4.69) is 15.9 Å². The van der Waals surface area contributed by atoms with E-state index in [4.69, 9.17) is 4.74 Å². The Morgan fingerprint density at radius 2 is 1.81 bits per heavy atom. The third-order valence-corrected chi connectivity index (χ3v) is 5.34. The predicted molar refractivity (Wildman–Crippen MR) is 94.1 cm³/mol. The second-order valence-corrected chi connectivity index (χ2v) is 7.39. The van der Waals surface area contributed by atoms with Gasteiger partial charge in [-0.3, -0.25) is 14.9 Å². The van der Waals surface area contributed by atoms with Gasteiger partial charge in [0.2, 0.25) is 5.60 Å². The topological polar surface area (TPSA) is 127 Å². The molecule has 1 aromatic carbocycles. The zero-order chi connectivity index (χ0) is 19.7. The smallest absolute Gasteiger partial charge is 0.345 e. The van der Waals surface area contributed by atoms with Crippen molar-refractivity contribution in [2.24, 2.45) is 0 Å². The number of Topliss-reactive ketones (excluding diaryl/α,β-unsaturated/α-hetero) is 1. The van der Waals surface area contributed by atoms with Crippen molar-refractivity contribution in [3.05, 3.63) is 44.4 Å². The van der Waals surface area contributed by atoms with Crippen LogP contribution in [0.1, 0.15) is 38.2 Å². The molecule has 1 saturated carbocycles. The molecule has 1 aliphatic carbocycles. The third kappa shape index (κ3) is 3.51. The van der Waals surface area contributed by atoms with E-state index in [0.29, 0.717) is 5.56 Å². The normalized spacial score (nSPS) is 31.3. The summed E-state index contributed by atoms with van der Waals surface area (Å²) in [7, 11) is 0. The lowest BCUT2D eigenvalue weighted by molar-refractivity contribution is -0.565. The maximum absolute atomic E-state index is 12.4. The molecule has 0 radical (unpaired) electrons. The molecule has 2 rings (SSSR count). The zero-order valence-electron chi connectivity index (χ0n) is 14.3. The van der Waals surface area contributed by atoms with Gasteiger partial charge in [-0.15, -0.1) is 0 Å². The lowest BCUT2D eigenvalue weighted by atomic mass is 9.63. The van der Waals surface area contributed by atoms with E-state index >= 15 is 0 Å². The molecule has 0 saturated heterocycles. The summed E-state index contributed by atoms with van der Waals surface area (Å²) in [5, 5.41) is 33.4. The molecule has 0 aromatic heterocycles. The summed E-state index contributed by atoms with van der Waals surface area (Å²) < 4.78 is 5.61. The molecule has 0 spiro atoms. The van der Waals surface area contributed by atoms with Gasteiger partial charge in [-0.2, -0.15) is 0 Å². The van der Waals surface area contributed by atoms with Crippen molar-refractivity contribution in [3.8, 4) is 0 Å². The zero-order valence-corrected chi connectivity index (χ0v) is 15.9. The Labute approximate surface area is 158 Å². The van der Waals surface area contributed by atoms with Crippen molar-refractivity contribution >= 4 is 27.7 Å². The molecule has 142 valence electrons. The predicted octanol–water partition coefficient (Wildman–Crippen LogP) is 1.59. The van der Waals surface area contributed by atoms with E-state index in [1.54, 1.807) is 24.3 Å². The second-order valence-electron chi connectivity index (χ2n) is 6.47. The van der Waals surface area contributed by atoms with E-state index in [1.165, 1.54) is 6.92 Å². The highest BCUT2D eigenvalue weighted by molar-refractivity contribution is 9.10. The number of halogens is 1. The Bertz CT molecular complexity index is 722. The van der Waals surface area contributed by atoms with Gasteiger partial charge in [0.05, 0.1) is 6.61 Å². The number of hydrogen-bond acceptors (Lipinski definition) is 7. The molecule has 0 unspecified atom stereocenters. The third-order valence-electron chi connectivity index (χ3n) is 4.81. The lowest BCUT2D eigenvalue weighted by Gasteiger charge is -2.44. The highest BCUT2D eigenvalue weighted by Gasteiger charge is 2.69. The van der Waals surface area contributed by atoms with Gasteiger partial charge in [-0.05, 0) is 43.9 Å². The summed E-state index contributed by atoms with van der Waals surface area (Å²) in [5.41, 5.74) is -4.49. The molecule has 9 heteroatoms. The largest absolute Gasteiger partial charge is 0.464 e. The maximum atomic E-state index is 12.4. The number of esters is 1. The number of rotatable bonds is 5. The van der Waals surface area contributed by atoms with Crippen molar-refractivity contribution in [3.63, 3.8) is 0 Å². The van der Waals surface area contributed by atoms with Crippen LogP contribution in [0.3, 0.4) is 0 Å². The maximum Gasteiger partial charge on any atom is 0.345 e. The van der Waals surface area contributed by atoms with E-state index in [0.717, 1.165) is 11.4 Å². The Morgan fingerprint density at radius 3 is 2.27 bits per heavy atom. The van der Waals surface area contributed by atoms with E-state index in [1.807, 2.05) is 0 Å². The van der Waals surface area contributed by atoms with Gasteiger partial charge >= 0.3 is 5.97 Å². The number of benzene rings is 1. The van der Waals surface area contributed by atoms with Gasteiger partial charge in [0, 0.05) is 15.8 Å². The number of carbonyl (C=O) groups excluding carboxylic acids is 2. The van der Waals surface area contributed by atoms with Gasteiger partial charge < -0.3 is 14.9 Å². The fourth-order valence-electron chi connectivity index (χ4n) is 3.55. The lowest BCUT2D eigenvalue weighted by Crippen LogP contribution is -2.70. The van der Waals surface area contributed by atoms with Crippen LogP contribution >= 0.6 is 15.9 Å². The number of nitro groups is 1. The van der Waals surface area contributed by atoms with Crippen LogP contribution in [0.4, 0.5) is 0 Å². The molecule has 0 heterocycles. The molecule has 0 amide bonds. The van der Waals surface area contributed by atoms with Gasteiger partial charge in [0.25, 0.3) is 6.04 Å². The molecular weight excluding hydrogens is 410 g/mol. The Kier molecular flexibility index (Phi) is 5.84. The first-order valence-electron chi connectivity index (χ1n) is 8.08. The Hall–Kier alpha value is -1.84. The van der Waals surface area contributed by atoms with Crippen LogP contribution in [0.2, 0.25) is 0 Å². The first-order valence-corrected chi connectivity index (χ1v) is 8.87. The molecule has 2 N–H and O–H groups in total.